The van der Waals surface area contributed by atoms with Crippen molar-refractivity contribution in [2.75, 3.05) is 65.9 Å². The fourth-order valence-electron chi connectivity index (χ4n) is 3.05. The number of benzene rings is 1. The highest BCUT2D eigenvalue weighted by molar-refractivity contribution is 5.77. The predicted octanol–water partition coefficient (Wildman–Crippen LogP) is 0.698. The highest BCUT2D eigenvalue weighted by atomic mass is 16.5. The molecule has 0 saturated heterocycles. The van der Waals surface area contributed by atoms with Crippen molar-refractivity contribution in [2.24, 2.45) is 11.5 Å². The Kier molecular flexibility index (Phi) is 11.6. The quantitative estimate of drug-likeness (QED) is 0.410. The predicted molar refractivity (Wildman–Crippen MR) is 111 cm³/mol. The van der Waals surface area contributed by atoms with Gasteiger partial charge in [0.15, 0.2) is 0 Å². The molecule has 8 nitrogen and oxygen atoms in total. The second kappa shape index (κ2) is 14.3. The van der Waals surface area contributed by atoms with Crippen molar-refractivity contribution in [3.05, 3.63) is 29.3 Å². The van der Waals surface area contributed by atoms with Crippen LogP contribution in [0.5, 0.6) is 5.75 Å². The number of hydrogen-bond donors (Lipinski definition) is 2. The standard InChI is InChI=1S/C21H35N3O5/c22-6-1-9-29-20-4-2-18-3-5-21(25)24(17-19(18)16-20)8-11-27-13-15-28-14-12-26-10-7-23/h2,4,16H,1,3,5-15,17,22-23H2. The summed E-state index contributed by atoms with van der Waals surface area (Å²) < 4.78 is 22.0. The molecule has 1 aliphatic heterocycles. The molecule has 1 aromatic carbocycles. The maximum absolute atomic E-state index is 12.4. The van der Waals surface area contributed by atoms with Crippen LogP contribution in [-0.4, -0.2) is 76.7 Å². The van der Waals surface area contributed by atoms with Crippen LogP contribution in [0.3, 0.4) is 0 Å². The summed E-state index contributed by atoms with van der Waals surface area (Å²) in [5.41, 5.74) is 13.2. The van der Waals surface area contributed by atoms with Gasteiger partial charge in [0.25, 0.3) is 0 Å². The lowest BCUT2D eigenvalue weighted by molar-refractivity contribution is -0.132. The van der Waals surface area contributed by atoms with Crippen molar-refractivity contribution in [3.8, 4) is 5.75 Å². The normalized spacial score (nSPS) is 14.0. The minimum atomic E-state index is 0.156. The number of carbonyl (C=O) groups excluding carboxylic acids is 1. The van der Waals surface area contributed by atoms with Crippen molar-refractivity contribution in [2.45, 2.75) is 25.8 Å². The molecule has 164 valence electrons. The van der Waals surface area contributed by atoms with E-state index in [0.717, 1.165) is 24.2 Å². The smallest absolute Gasteiger partial charge is 0.223 e. The van der Waals surface area contributed by atoms with Gasteiger partial charge >= 0.3 is 0 Å². The van der Waals surface area contributed by atoms with Crippen molar-refractivity contribution in [1.29, 1.82) is 0 Å². The van der Waals surface area contributed by atoms with E-state index in [-0.39, 0.29) is 5.91 Å². The minimum absolute atomic E-state index is 0.156. The van der Waals surface area contributed by atoms with Crippen molar-refractivity contribution in [3.63, 3.8) is 0 Å². The summed E-state index contributed by atoms with van der Waals surface area (Å²) in [5.74, 6) is 0.985. The van der Waals surface area contributed by atoms with Gasteiger partial charge in [-0.1, -0.05) is 6.07 Å². The molecule has 1 aromatic rings. The van der Waals surface area contributed by atoms with Gasteiger partial charge in [-0.2, -0.15) is 0 Å². The monoisotopic (exact) mass is 409 g/mol. The first kappa shape index (κ1) is 23.6. The Labute approximate surface area is 173 Å². The lowest BCUT2D eigenvalue weighted by Crippen LogP contribution is -2.32. The Morgan fingerprint density at radius 3 is 2.28 bits per heavy atom. The Bertz CT molecular complexity index is 600. The van der Waals surface area contributed by atoms with Gasteiger partial charge in [0.2, 0.25) is 5.91 Å². The van der Waals surface area contributed by atoms with Crippen molar-refractivity contribution < 1.29 is 23.7 Å². The van der Waals surface area contributed by atoms with Crippen LogP contribution >= 0.6 is 0 Å². The number of nitrogens with two attached hydrogens (primary N) is 2. The number of ether oxygens (including phenoxy) is 4. The second-order valence-corrected chi connectivity index (χ2v) is 6.86. The molecule has 0 aliphatic carbocycles. The zero-order valence-electron chi connectivity index (χ0n) is 17.3. The SMILES string of the molecule is NCCCOc1ccc2c(c1)CN(CCOCCOCCOCCN)C(=O)CC2. The molecule has 0 radical (unpaired) electrons. The molecule has 0 aromatic heterocycles. The largest absolute Gasteiger partial charge is 0.494 e. The zero-order chi connectivity index (χ0) is 20.7. The molecule has 1 heterocycles. The lowest BCUT2D eigenvalue weighted by atomic mass is 10.0. The van der Waals surface area contributed by atoms with Crippen LogP contribution < -0.4 is 16.2 Å². The van der Waals surface area contributed by atoms with E-state index >= 15 is 0 Å². The van der Waals surface area contributed by atoms with E-state index in [1.54, 1.807) is 0 Å². The van der Waals surface area contributed by atoms with E-state index in [1.807, 2.05) is 17.0 Å². The molecule has 0 atom stereocenters. The summed E-state index contributed by atoms with van der Waals surface area (Å²) in [4.78, 5) is 14.3. The summed E-state index contributed by atoms with van der Waals surface area (Å²) >= 11 is 0. The lowest BCUT2D eigenvalue weighted by Gasteiger charge is -2.21. The van der Waals surface area contributed by atoms with E-state index in [2.05, 4.69) is 6.07 Å². The number of amides is 1. The van der Waals surface area contributed by atoms with E-state index in [1.165, 1.54) is 5.56 Å². The van der Waals surface area contributed by atoms with Gasteiger partial charge in [-0.15, -0.1) is 0 Å². The third-order valence-electron chi connectivity index (χ3n) is 4.63. The molecule has 0 unspecified atom stereocenters. The second-order valence-electron chi connectivity index (χ2n) is 6.86. The first-order chi connectivity index (χ1) is 14.2. The van der Waals surface area contributed by atoms with Gasteiger partial charge in [-0.25, -0.2) is 0 Å². The van der Waals surface area contributed by atoms with Gasteiger partial charge in [0.05, 0.1) is 46.2 Å². The summed E-state index contributed by atoms with van der Waals surface area (Å²) in [7, 11) is 0. The maximum Gasteiger partial charge on any atom is 0.223 e. The van der Waals surface area contributed by atoms with Gasteiger partial charge in [0.1, 0.15) is 5.75 Å². The van der Waals surface area contributed by atoms with Gasteiger partial charge in [-0.05, 0) is 42.6 Å². The van der Waals surface area contributed by atoms with Gasteiger partial charge in [0, 0.05) is 26.1 Å². The molecule has 1 amide bonds. The third kappa shape index (κ3) is 9.10. The van der Waals surface area contributed by atoms with Crippen LogP contribution in [-0.2, 0) is 32.0 Å². The number of carbonyl (C=O) groups is 1. The van der Waals surface area contributed by atoms with E-state index in [0.29, 0.717) is 78.8 Å². The van der Waals surface area contributed by atoms with E-state index in [9.17, 15) is 4.79 Å². The summed E-state index contributed by atoms with van der Waals surface area (Å²) in [6.07, 6.45) is 2.10. The summed E-state index contributed by atoms with van der Waals surface area (Å²) in [5, 5.41) is 0. The first-order valence-electron chi connectivity index (χ1n) is 10.4. The van der Waals surface area contributed by atoms with Gasteiger partial charge < -0.3 is 35.3 Å². The van der Waals surface area contributed by atoms with E-state index in [4.69, 9.17) is 30.4 Å². The van der Waals surface area contributed by atoms with E-state index < -0.39 is 0 Å². The number of nitrogens with zero attached hydrogens (tertiary/aromatic N) is 1. The van der Waals surface area contributed by atoms with Crippen LogP contribution in [0.1, 0.15) is 24.0 Å². The van der Waals surface area contributed by atoms with Crippen LogP contribution in [0.4, 0.5) is 0 Å². The zero-order valence-corrected chi connectivity index (χ0v) is 17.3. The van der Waals surface area contributed by atoms with Crippen LogP contribution in [0.2, 0.25) is 0 Å². The Balaban J connectivity index is 1.70. The molecule has 0 saturated carbocycles. The number of fused-ring (bicyclic) bond motifs is 1. The summed E-state index contributed by atoms with van der Waals surface area (Å²) in [6, 6.07) is 6.08. The summed E-state index contributed by atoms with van der Waals surface area (Å²) in [6.45, 7) is 5.99. The Morgan fingerprint density at radius 2 is 1.55 bits per heavy atom. The van der Waals surface area contributed by atoms with Crippen LogP contribution in [0.15, 0.2) is 18.2 Å². The topological polar surface area (TPSA) is 109 Å². The Morgan fingerprint density at radius 1 is 0.828 bits per heavy atom. The fraction of sp³-hybridized carbons (Fsp3) is 0.667. The molecular weight excluding hydrogens is 374 g/mol. The van der Waals surface area contributed by atoms with Crippen LogP contribution in [0, 0.1) is 0 Å². The molecule has 29 heavy (non-hydrogen) atoms. The highest BCUT2D eigenvalue weighted by Crippen LogP contribution is 2.24. The first-order valence-corrected chi connectivity index (χ1v) is 10.4. The van der Waals surface area contributed by atoms with Gasteiger partial charge in [-0.3, -0.25) is 4.79 Å². The molecule has 4 N–H and O–H groups in total. The number of rotatable bonds is 15. The third-order valence-corrected chi connectivity index (χ3v) is 4.63. The van der Waals surface area contributed by atoms with Crippen molar-refractivity contribution >= 4 is 5.91 Å². The maximum atomic E-state index is 12.4. The molecule has 1 aliphatic rings. The molecular formula is C21H35N3O5. The number of hydrogen-bond acceptors (Lipinski definition) is 7. The fourth-order valence-corrected chi connectivity index (χ4v) is 3.05. The van der Waals surface area contributed by atoms with Crippen molar-refractivity contribution in [1.82, 2.24) is 4.90 Å². The minimum Gasteiger partial charge on any atom is -0.494 e. The Hall–Kier alpha value is -1.71. The molecule has 2 rings (SSSR count). The average molecular weight is 410 g/mol. The molecule has 0 spiro atoms. The highest BCUT2D eigenvalue weighted by Gasteiger charge is 2.20. The average Bonchev–Trinajstić information content (AvgIpc) is 2.88. The molecule has 8 heteroatoms. The molecule has 0 fully saturated rings. The van der Waals surface area contributed by atoms with Crippen LogP contribution in [0.25, 0.3) is 0 Å². The number of aryl methyl sites for hydroxylation is 1. The molecule has 0 bridgehead atoms.